The Labute approximate surface area is 133 Å². The lowest BCUT2D eigenvalue weighted by atomic mass is 10.1. The predicted octanol–water partition coefficient (Wildman–Crippen LogP) is 0.309. The SMILES string of the molecule is CC1NC=NC1/C=N/NC(=O)c1cccc(/C=C/C(=O)NO)c1. The molecular formula is C15H17N5O3. The average Bonchev–Trinajstić information content (AvgIpc) is 2.98. The molecule has 0 radical (unpaired) electrons. The summed E-state index contributed by atoms with van der Waals surface area (Å²) in [7, 11) is 0. The Morgan fingerprint density at radius 1 is 1.43 bits per heavy atom. The number of hydrazone groups is 1. The molecule has 2 unspecified atom stereocenters. The Morgan fingerprint density at radius 2 is 2.26 bits per heavy atom. The van der Waals surface area contributed by atoms with Crippen molar-refractivity contribution < 1.29 is 14.8 Å². The summed E-state index contributed by atoms with van der Waals surface area (Å²) in [4.78, 5) is 27.1. The van der Waals surface area contributed by atoms with Crippen LogP contribution in [0.3, 0.4) is 0 Å². The van der Waals surface area contributed by atoms with E-state index < -0.39 is 5.91 Å². The Balaban J connectivity index is 1.96. The summed E-state index contributed by atoms with van der Waals surface area (Å²) in [5.74, 6) is -1.02. The second kappa shape index (κ2) is 7.85. The Kier molecular flexibility index (Phi) is 5.59. The van der Waals surface area contributed by atoms with E-state index in [-0.39, 0.29) is 18.0 Å². The third kappa shape index (κ3) is 4.75. The van der Waals surface area contributed by atoms with E-state index in [1.165, 1.54) is 11.6 Å². The third-order valence-electron chi connectivity index (χ3n) is 3.18. The molecule has 23 heavy (non-hydrogen) atoms. The fourth-order valence-corrected chi connectivity index (χ4v) is 1.87. The summed E-state index contributed by atoms with van der Waals surface area (Å²) < 4.78 is 0. The quantitative estimate of drug-likeness (QED) is 0.271. The lowest BCUT2D eigenvalue weighted by Gasteiger charge is -2.07. The lowest BCUT2D eigenvalue weighted by molar-refractivity contribution is -0.124. The molecule has 1 aliphatic rings. The smallest absolute Gasteiger partial charge is 0.271 e. The number of nitrogens with one attached hydrogen (secondary N) is 3. The normalized spacial score (nSPS) is 19.9. The number of amides is 2. The van der Waals surface area contributed by atoms with Crippen molar-refractivity contribution in [2.24, 2.45) is 10.1 Å². The van der Waals surface area contributed by atoms with Gasteiger partial charge in [0.15, 0.2) is 0 Å². The highest BCUT2D eigenvalue weighted by atomic mass is 16.5. The van der Waals surface area contributed by atoms with E-state index in [0.29, 0.717) is 11.1 Å². The van der Waals surface area contributed by atoms with Gasteiger partial charge in [0.1, 0.15) is 6.04 Å². The molecule has 0 spiro atoms. The highest BCUT2D eigenvalue weighted by Gasteiger charge is 2.16. The molecule has 2 amide bonds. The van der Waals surface area contributed by atoms with Crippen LogP contribution in [-0.4, -0.2) is 41.7 Å². The van der Waals surface area contributed by atoms with Crippen LogP contribution in [0.5, 0.6) is 0 Å². The number of carbonyl (C=O) groups excluding carboxylic acids is 2. The molecule has 0 saturated heterocycles. The molecule has 1 heterocycles. The molecule has 1 aromatic rings. The number of hydroxylamine groups is 1. The van der Waals surface area contributed by atoms with Gasteiger partial charge in [0.2, 0.25) is 0 Å². The fraction of sp³-hybridized carbons (Fsp3) is 0.200. The van der Waals surface area contributed by atoms with Gasteiger partial charge >= 0.3 is 0 Å². The molecule has 0 bridgehead atoms. The summed E-state index contributed by atoms with van der Waals surface area (Å²) in [6.07, 6.45) is 5.81. The maximum Gasteiger partial charge on any atom is 0.271 e. The number of benzene rings is 1. The van der Waals surface area contributed by atoms with Gasteiger partial charge in [-0.1, -0.05) is 12.1 Å². The van der Waals surface area contributed by atoms with Crippen molar-refractivity contribution >= 4 is 30.4 Å². The minimum absolute atomic E-state index is 0.110. The van der Waals surface area contributed by atoms with Gasteiger partial charge in [-0.05, 0) is 30.7 Å². The summed E-state index contributed by atoms with van der Waals surface area (Å²) in [5, 5.41) is 15.3. The van der Waals surface area contributed by atoms with Gasteiger partial charge in [0.05, 0.1) is 18.6 Å². The highest BCUT2D eigenvalue weighted by Crippen LogP contribution is 2.07. The van der Waals surface area contributed by atoms with Gasteiger partial charge in [-0.2, -0.15) is 5.10 Å². The van der Waals surface area contributed by atoms with Gasteiger partial charge in [0.25, 0.3) is 11.8 Å². The molecule has 1 aromatic carbocycles. The minimum Gasteiger partial charge on any atom is -0.371 e. The zero-order valence-corrected chi connectivity index (χ0v) is 12.4. The summed E-state index contributed by atoms with van der Waals surface area (Å²) in [5.41, 5.74) is 4.97. The van der Waals surface area contributed by atoms with E-state index in [1.54, 1.807) is 36.8 Å². The van der Waals surface area contributed by atoms with Gasteiger partial charge in [-0.25, -0.2) is 10.9 Å². The van der Waals surface area contributed by atoms with Crippen molar-refractivity contribution in [1.29, 1.82) is 0 Å². The first-order chi connectivity index (χ1) is 11.1. The molecular weight excluding hydrogens is 298 g/mol. The van der Waals surface area contributed by atoms with Crippen molar-refractivity contribution in [1.82, 2.24) is 16.2 Å². The van der Waals surface area contributed by atoms with E-state index in [1.807, 2.05) is 6.92 Å². The van der Waals surface area contributed by atoms with Gasteiger partial charge in [0, 0.05) is 11.6 Å². The van der Waals surface area contributed by atoms with Crippen LogP contribution >= 0.6 is 0 Å². The van der Waals surface area contributed by atoms with Crippen molar-refractivity contribution in [3.8, 4) is 0 Å². The number of hydrogen-bond acceptors (Lipinski definition) is 6. The van der Waals surface area contributed by atoms with Gasteiger partial charge in [-0.15, -0.1) is 0 Å². The molecule has 0 aliphatic carbocycles. The van der Waals surface area contributed by atoms with Crippen LogP contribution < -0.4 is 16.2 Å². The van der Waals surface area contributed by atoms with E-state index in [4.69, 9.17) is 5.21 Å². The minimum atomic E-state index is -0.649. The second-order valence-electron chi connectivity index (χ2n) is 4.88. The zero-order valence-electron chi connectivity index (χ0n) is 12.4. The van der Waals surface area contributed by atoms with Crippen LogP contribution in [-0.2, 0) is 4.79 Å². The lowest BCUT2D eigenvalue weighted by Crippen LogP contribution is -2.30. The second-order valence-corrected chi connectivity index (χ2v) is 4.88. The number of aliphatic imine (C=N–C) groups is 1. The maximum atomic E-state index is 12.0. The average molecular weight is 315 g/mol. The molecule has 8 heteroatoms. The molecule has 0 fully saturated rings. The summed E-state index contributed by atoms with van der Waals surface area (Å²) in [6.45, 7) is 1.96. The molecule has 0 aromatic heterocycles. The molecule has 0 saturated carbocycles. The fourth-order valence-electron chi connectivity index (χ4n) is 1.87. The topological polar surface area (TPSA) is 115 Å². The monoisotopic (exact) mass is 315 g/mol. The molecule has 2 atom stereocenters. The van der Waals surface area contributed by atoms with Crippen LogP contribution in [0.4, 0.5) is 0 Å². The first-order valence-electron chi connectivity index (χ1n) is 6.93. The Morgan fingerprint density at radius 3 is 2.96 bits per heavy atom. The third-order valence-corrected chi connectivity index (χ3v) is 3.18. The molecule has 120 valence electrons. The van der Waals surface area contributed by atoms with Crippen LogP contribution in [0.15, 0.2) is 40.4 Å². The van der Waals surface area contributed by atoms with Crippen LogP contribution in [0, 0.1) is 0 Å². The standard InChI is InChI=1S/C15H17N5O3/c1-10-13(17-9-16-10)8-18-19-15(22)12-4-2-3-11(7-12)5-6-14(21)20-23/h2-10,13,23H,1H3,(H,16,17)(H,19,22)(H,20,21)/b6-5+,18-8+. The van der Waals surface area contributed by atoms with Crippen LogP contribution in [0.1, 0.15) is 22.8 Å². The summed E-state index contributed by atoms with van der Waals surface area (Å²) in [6, 6.07) is 6.67. The van der Waals surface area contributed by atoms with E-state index in [2.05, 4.69) is 20.8 Å². The van der Waals surface area contributed by atoms with Crippen molar-refractivity contribution in [3.05, 3.63) is 41.5 Å². The molecule has 8 nitrogen and oxygen atoms in total. The first-order valence-corrected chi connectivity index (χ1v) is 6.93. The number of carbonyl (C=O) groups is 2. The molecule has 4 N–H and O–H groups in total. The predicted molar refractivity (Wildman–Crippen MR) is 86.2 cm³/mol. The zero-order chi connectivity index (χ0) is 16.7. The largest absolute Gasteiger partial charge is 0.371 e. The van der Waals surface area contributed by atoms with Crippen LogP contribution in [0.2, 0.25) is 0 Å². The maximum absolute atomic E-state index is 12.0. The van der Waals surface area contributed by atoms with Crippen LogP contribution in [0.25, 0.3) is 6.08 Å². The van der Waals surface area contributed by atoms with Crippen molar-refractivity contribution in [2.75, 3.05) is 0 Å². The first kappa shape index (κ1) is 16.4. The van der Waals surface area contributed by atoms with Gasteiger partial charge < -0.3 is 5.32 Å². The number of hydrogen-bond donors (Lipinski definition) is 4. The summed E-state index contributed by atoms with van der Waals surface area (Å²) >= 11 is 0. The van der Waals surface area contributed by atoms with E-state index in [9.17, 15) is 9.59 Å². The van der Waals surface area contributed by atoms with Gasteiger partial charge in [-0.3, -0.25) is 19.8 Å². The number of rotatable bonds is 5. The van der Waals surface area contributed by atoms with E-state index >= 15 is 0 Å². The van der Waals surface area contributed by atoms with Crippen molar-refractivity contribution in [2.45, 2.75) is 19.0 Å². The van der Waals surface area contributed by atoms with Crippen molar-refractivity contribution in [3.63, 3.8) is 0 Å². The van der Waals surface area contributed by atoms with E-state index in [0.717, 1.165) is 6.08 Å². The Hall–Kier alpha value is -3.00. The highest BCUT2D eigenvalue weighted by molar-refractivity contribution is 5.95. The Bertz CT molecular complexity index is 669. The number of nitrogens with zero attached hydrogens (tertiary/aromatic N) is 2. The molecule has 2 rings (SSSR count). The molecule has 1 aliphatic heterocycles.